The largest absolute Gasteiger partial charge is 0.352 e. The zero-order valence-corrected chi connectivity index (χ0v) is 21.6. The Morgan fingerprint density at radius 3 is 2.58 bits per heavy atom. The molecule has 0 bridgehead atoms. The van der Waals surface area contributed by atoms with Crippen molar-refractivity contribution in [2.75, 3.05) is 5.75 Å². The third-order valence-corrected chi connectivity index (χ3v) is 7.60. The topological polar surface area (TPSA) is 49.4 Å². The molecule has 0 radical (unpaired) electrons. The van der Waals surface area contributed by atoms with E-state index in [1.165, 1.54) is 11.1 Å². The van der Waals surface area contributed by atoms with Crippen molar-refractivity contribution in [3.63, 3.8) is 0 Å². The molecule has 3 rings (SSSR count). The number of nitrogens with one attached hydrogen (secondary N) is 1. The number of hydrogen-bond donors (Lipinski definition) is 1. The Morgan fingerprint density at radius 2 is 1.91 bits per heavy atom. The molecule has 4 nitrogen and oxygen atoms in total. The summed E-state index contributed by atoms with van der Waals surface area (Å²) in [5.41, 5.74) is 3.17. The third-order valence-electron chi connectivity index (χ3n) is 6.02. The highest BCUT2D eigenvalue weighted by molar-refractivity contribution is 7.99. The van der Waals surface area contributed by atoms with Gasteiger partial charge in [0.25, 0.3) is 0 Å². The first-order valence-corrected chi connectivity index (χ1v) is 13.5. The van der Waals surface area contributed by atoms with Crippen LogP contribution in [0.15, 0.2) is 42.5 Å². The summed E-state index contributed by atoms with van der Waals surface area (Å²) >= 11 is 14.0. The molecule has 1 aliphatic rings. The van der Waals surface area contributed by atoms with Gasteiger partial charge in [0.1, 0.15) is 6.04 Å². The lowest BCUT2D eigenvalue weighted by Crippen LogP contribution is -2.51. The Morgan fingerprint density at radius 1 is 1.15 bits per heavy atom. The van der Waals surface area contributed by atoms with Crippen molar-refractivity contribution in [2.45, 2.75) is 70.3 Å². The van der Waals surface area contributed by atoms with E-state index >= 15 is 0 Å². The summed E-state index contributed by atoms with van der Waals surface area (Å²) in [6.45, 7) is 4.28. The van der Waals surface area contributed by atoms with Crippen LogP contribution in [0.4, 0.5) is 0 Å². The van der Waals surface area contributed by atoms with Gasteiger partial charge in [0.2, 0.25) is 11.8 Å². The molecule has 2 aromatic carbocycles. The van der Waals surface area contributed by atoms with Gasteiger partial charge < -0.3 is 10.2 Å². The molecule has 7 heteroatoms. The average Bonchev–Trinajstić information content (AvgIpc) is 3.28. The van der Waals surface area contributed by atoms with Gasteiger partial charge in [0.15, 0.2) is 0 Å². The van der Waals surface area contributed by atoms with Gasteiger partial charge in [-0.25, -0.2) is 0 Å². The van der Waals surface area contributed by atoms with E-state index in [1.807, 2.05) is 19.1 Å². The van der Waals surface area contributed by atoms with E-state index in [2.05, 4.69) is 30.4 Å². The Balaban J connectivity index is 1.73. The molecule has 33 heavy (non-hydrogen) atoms. The zero-order chi connectivity index (χ0) is 23.8. The molecule has 1 aliphatic carbocycles. The number of hydrogen-bond acceptors (Lipinski definition) is 3. The second kappa shape index (κ2) is 12.7. The molecule has 1 N–H and O–H groups in total. The van der Waals surface area contributed by atoms with Gasteiger partial charge in [0, 0.05) is 28.4 Å². The summed E-state index contributed by atoms with van der Waals surface area (Å²) in [6, 6.07) is 13.2. The van der Waals surface area contributed by atoms with E-state index in [0.29, 0.717) is 22.2 Å². The Kier molecular flexibility index (Phi) is 9.96. The normalized spacial score (nSPS) is 14.8. The zero-order valence-electron chi connectivity index (χ0n) is 19.3. The van der Waals surface area contributed by atoms with Crippen LogP contribution in [0.25, 0.3) is 0 Å². The number of amides is 2. The maximum atomic E-state index is 13.4. The Labute approximate surface area is 211 Å². The van der Waals surface area contributed by atoms with Crippen LogP contribution in [0.3, 0.4) is 0 Å². The fourth-order valence-electron chi connectivity index (χ4n) is 4.26. The molecule has 0 saturated heterocycles. The first-order chi connectivity index (χ1) is 15.9. The van der Waals surface area contributed by atoms with Crippen molar-refractivity contribution >= 4 is 46.8 Å². The molecular weight excluding hydrogens is 475 g/mol. The number of thioether (sulfide) groups is 1. The number of nitrogens with zero attached hydrogens (tertiary/aromatic N) is 1. The number of benzene rings is 2. The van der Waals surface area contributed by atoms with Gasteiger partial charge in [-0.3, -0.25) is 9.59 Å². The minimum Gasteiger partial charge on any atom is -0.352 e. The molecule has 0 spiro atoms. The number of halogens is 2. The maximum absolute atomic E-state index is 13.4. The maximum Gasteiger partial charge on any atom is 0.243 e. The van der Waals surface area contributed by atoms with E-state index in [1.54, 1.807) is 28.8 Å². The first-order valence-electron chi connectivity index (χ1n) is 11.5. The minimum atomic E-state index is -0.538. The van der Waals surface area contributed by atoms with Crippen molar-refractivity contribution in [2.24, 2.45) is 0 Å². The van der Waals surface area contributed by atoms with Gasteiger partial charge in [-0.05, 0) is 49.4 Å². The molecule has 0 heterocycles. The van der Waals surface area contributed by atoms with Crippen LogP contribution in [0.5, 0.6) is 0 Å². The van der Waals surface area contributed by atoms with Crippen LogP contribution in [-0.4, -0.2) is 34.6 Å². The molecule has 178 valence electrons. The van der Waals surface area contributed by atoms with Crippen molar-refractivity contribution in [3.8, 4) is 0 Å². The van der Waals surface area contributed by atoms with Gasteiger partial charge in [-0.2, -0.15) is 0 Å². The second-order valence-corrected chi connectivity index (χ2v) is 10.5. The fourth-order valence-corrected chi connectivity index (χ4v) is 5.59. The molecule has 1 fully saturated rings. The molecular formula is C26H32Cl2N2O2S. The lowest BCUT2D eigenvalue weighted by atomic mass is 10.1. The van der Waals surface area contributed by atoms with Crippen LogP contribution in [0.1, 0.15) is 55.7 Å². The van der Waals surface area contributed by atoms with Crippen molar-refractivity contribution in [1.82, 2.24) is 10.2 Å². The molecule has 0 aromatic heterocycles. The summed E-state index contributed by atoms with van der Waals surface area (Å²) < 4.78 is 0. The number of carbonyl (C=O) groups is 2. The van der Waals surface area contributed by atoms with Crippen molar-refractivity contribution < 1.29 is 9.59 Å². The third kappa shape index (κ3) is 7.66. The first kappa shape index (κ1) is 25.9. The van der Waals surface area contributed by atoms with E-state index < -0.39 is 6.04 Å². The van der Waals surface area contributed by atoms with E-state index in [9.17, 15) is 9.59 Å². The van der Waals surface area contributed by atoms with Crippen LogP contribution in [-0.2, 0) is 21.9 Å². The second-order valence-electron chi connectivity index (χ2n) is 8.65. The SMILES string of the molecule is CC[C@H](C(=O)NC1CCCC1)N(Cc1ccc(Cl)cc1Cl)C(=O)CSCc1cccc(C)c1. The summed E-state index contributed by atoms with van der Waals surface area (Å²) in [5.74, 6) is 0.902. The molecule has 1 saturated carbocycles. The van der Waals surface area contributed by atoms with Gasteiger partial charge in [-0.1, -0.05) is 78.9 Å². The lowest BCUT2D eigenvalue weighted by Gasteiger charge is -2.31. The lowest BCUT2D eigenvalue weighted by molar-refractivity contribution is -0.139. The average molecular weight is 508 g/mol. The molecule has 1 atom stereocenters. The summed E-state index contributed by atoms with van der Waals surface area (Å²) in [5, 5.41) is 4.21. The summed E-state index contributed by atoms with van der Waals surface area (Å²) in [4.78, 5) is 28.2. The van der Waals surface area contributed by atoms with Crippen molar-refractivity contribution in [1.29, 1.82) is 0 Å². The predicted molar refractivity (Wildman–Crippen MR) is 139 cm³/mol. The fraction of sp³-hybridized carbons (Fsp3) is 0.462. The Bertz CT molecular complexity index is 963. The number of carbonyl (C=O) groups excluding carboxylic acids is 2. The predicted octanol–water partition coefficient (Wildman–Crippen LogP) is 6.40. The smallest absolute Gasteiger partial charge is 0.243 e. The monoisotopic (exact) mass is 506 g/mol. The van der Waals surface area contributed by atoms with Crippen LogP contribution >= 0.6 is 35.0 Å². The standard InChI is InChI=1S/C26H32Cl2N2O2S/c1-3-24(26(32)29-22-9-4-5-10-22)30(15-20-11-12-21(27)14-23(20)28)25(31)17-33-16-19-8-6-7-18(2)13-19/h6-8,11-14,22,24H,3-5,9-10,15-17H2,1-2H3,(H,29,32)/t24-/m1/s1. The van der Waals surface area contributed by atoms with E-state index in [4.69, 9.17) is 23.2 Å². The van der Waals surface area contributed by atoms with E-state index in [-0.39, 0.29) is 24.4 Å². The highest BCUT2D eigenvalue weighted by Crippen LogP contribution is 2.25. The van der Waals surface area contributed by atoms with Gasteiger partial charge in [0.05, 0.1) is 5.75 Å². The minimum absolute atomic E-state index is 0.0629. The van der Waals surface area contributed by atoms with Gasteiger partial charge in [-0.15, -0.1) is 11.8 Å². The van der Waals surface area contributed by atoms with Crippen LogP contribution in [0, 0.1) is 6.92 Å². The molecule has 0 unspecified atom stereocenters. The van der Waals surface area contributed by atoms with Crippen molar-refractivity contribution in [3.05, 3.63) is 69.2 Å². The number of rotatable bonds is 10. The molecule has 0 aliphatic heterocycles. The number of aryl methyl sites for hydroxylation is 1. The van der Waals surface area contributed by atoms with Crippen LogP contribution < -0.4 is 5.32 Å². The van der Waals surface area contributed by atoms with Crippen LogP contribution in [0.2, 0.25) is 10.0 Å². The molecule has 2 amide bonds. The highest BCUT2D eigenvalue weighted by atomic mass is 35.5. The summed E-state index contributed by atoms with van der Waals surface area (Å²) in [7, 11) is 0. The highest BCUT2D eigenvalue weighted by Gasteiger charge is 2.30. The Hall–Kier alpha value is -1.69. The quantitative estimate of drug-likeness (QED) is 0.405. The van der Waals surface area contributed by atoms with Gasteiger partial charge >= 0.3 is 0 Å². The van der Waals surface area contributed by atoms with E-state index in [0.717, 1.165) is 37.0 Å². The summed E-state index contributed by atoms with van der Waals surface area (Å²) in [6.07, 6.45) is 4.83. The molecule has 2 aromatic rings.